The molecular formula is C19H20N2O4. The van der Waals surface area contributed by atoms with E-state index in [4.69, 9.17) is 9.47 Å². The maximum Gasteiger partial charge on any atom is 0.320 e. The number of fused-ring (bicyclic) bond motifs is 2. The Hall–Kier alpha value is -2.73. The molecule has 1 unspecified atom stereocenters. The molecule has 6 nitrogen and oxygen atoms in total. The summed E-state index contributed by atoms with van der Waals surface area (Å²) >= 11 is 0. The van der Waals surface area contributed by atoms with Crippen molar-refractivity contribution in [3.63, 3.8) is 0 Å². The number of urea groups is 1. The first-order valence-electron chi connectivity index (χ1n) is 8.39. The molecule has 6 heteroatoms. The molecule has 0 saturated heterocycles. The molecule has 0 spiro atoms. The Bertz CT molecular complexity index is 808. The van der Waals surface area contributed by atoms with E-state index in [2.05, 4.69) is 10.6 Å². The third kappa shape index (κ3) is 2.78. The Labute approximate surface area is 145 Å². The summed E-state index contributed by atoms with van der Waals surface area (Å²) in [6.07, 6.45) is 1.28. The van der Waals surface area contributed by atoms with Crippen LogP contribution < -0.4 is 20.1 Å². The van der Waals surface area contributed by atoms with Gasteiger partial charge in [-0.3, -0.25) is 0 Å². The molecule has 4 rings (SSSR count). The van der Waals surface area contributed by atoms with Crippen LogP contribution >= 0.6 is 0 Å². The normalized spacial score (nSPS) is 20.7. The van der Waals surface area contributed by atoms with Crippen LogP contribution in [0.5, 0.6) is 11.5 Å². The van der Waals surface area contributed by atoms with Crippen molar-refractivity contribution < 1.29 is 19.4 Å². The summed E-state index contributed by atoms with van der Waals surface area (Å²) < 4.78 is 11.2. The first-order chi connectivity index (χ1) is 12.2. The van der Waals surface area contributed by atoms with E-state index in [-0.39, 0.29) is 12.6 Å². The fourth-order valence-corrected chi connectivity index (χ4v) is 3.50. The molecule has 2 aromatic rings. The molecule has 3 N–H and O–H groups in total. The van der Waals surface area contributed by atoms with Crippen LogP contribution in [-0.4, -0.2) is 31.0 Å². The van der Waals surface area contributed by atoms with Crippen LogP contribution in [0.4, 0.5) is 10.5 Å². The number of amides is 2. The summed E-state index contributed by atoms with van der Waals surface area (Å²) in [5, 5.41) is 15.9. The van der Waals surface area contributed by atoms with E-state index in [1.807, 2.05) is 42.5 Å². The second kappa shape index (κ2) is 6.29. The Balaban J connectivity index is 1.57. The summed E-state index contributed by atoms with van der Waals surface area (Å²) in [6, 6.07) is 12.7. The average molecular weight is 340 g/mol. The van der Waals surface area contributed by atoms with Gasteiger partial charge in [-0.1, -0.05) is 24.3 Å². The number of para-hydroxylation sites is 1. The molecule has 0 saturated carbocycles. The van der Waals surface area contributed by atoms with Crippen molar-refractivity contribution in [3.05, 3.63) is 53.6 Å². The van der Waals surface area contributed by atoms with Crippen molar-refractivity contribution >= 4 is 11.7 Å². The lowest BCUT2D eigenvalue weighted by molar-refractivity contribution is 0.115. The van der Waals surface area contributed by atoms with Gasteiger partial charge in [0.2, 0.25) is 0 Å². The monoisotopic (exact) mass is 340 g/mol. The number of anilines is 1. The zero-order chi connectivity index (χ0) is 17.3. The first-order valence-corrected chi connectivity index (χ1v) is 8.39. The Morgan fingerprint density at radius 2 is 1.88 bits per heavy atom. The number of nitrogens with one attached hydrogen (secondary N) is 2. The molecule has 0 radical (unpaired) electrons. The van der Waals surface area contributed by atoms with Gasteiger partial charge in [-0.2, -0.15) is 0 Å². The predicted molar refractivity (Wildman–Crippen MR) is 93.1 cm³/mol. The number of rotatable bonds is 3. The first kappa shape index (κ1) is 15.8. The van der Waals surface area contributed by atoms with Gasteiger partial charge in [-0.15, -0.1) is 0 Å². The van der Waals surface area contributed by atoms with Crippen LogP contribution in [0.15, 0.2) is 42.5 Å². The van der Waals surface area contributed by atoms with Crippen LogP contribution in [0.3, 0.4) is 0 Å². The van der Waals surface area contributed by atoms with Gasteiger partial charge in [0.25, 0.3) is 0 Å². The van der Waals surface area contributed by atoms with Crippen molar-refractivity contribution in [1.82, 2.24) is 5.32 Å². The zero-order valence-electron chi connectivity index (χ0n) is 13.7. The maximum absolute atomic E-state index is 12.6. The molecule has 0 fully saturated rings. The number of hydrogen-bond acceptors (Lipinski definition) is 4. The van der Waals surface area contributed by atoms with Crippen LogP contribution in [0, 0.1) is 0 Å². The molecule has 130 valence electrons. The highest BCUT2D eigenvalue weighted by Gasteiger charge is 2.38. The van der Waals surface area contributed by atoms with Gasteiger partial charge in [0, 0.05) is 29.7 Å². The predicted octanol–water partition coefficient (Wildman–Crippen LogP) is 2.41. The van der Waals surface area contributed by atoms with Crippen molar-refractivity contribution in [2.24, 2.45) is 0 Å². The smallest absolute Gasteiger partial charge is 0.320 e. The number of ether oxygens (including phenoxy) is 2. The minimum Gasteiger partial charge on any atom is -0.493 e. The minimum absolute atomic E-state index is 0.198. The van der Waals surface area contributed by atoms with Gasteiger partial charge < -0.3 is 25.2 Å². The van der Waals surface area contributed by atoms with E-state index in [0.717, 1.165) is 29.0 Å². The molecule has 0 bridgehead atoms. The van der Waals surface area contributed by atoms with Crippen LogP contribution in [0.25, 0.3) is 0 Å². The summed E-state index contributed by atoms with van der Waals surface area (Å²) in [7, 11) is 0. The molecule has 2 aromatic carbocycles. The summed E-state index contributed by atoms with van der Waals surface area (Å²) in [5.74, 6) is 1.50. The lowest BCUT2D eigenvalue weighted by Gasteiger charge is -2.38. The number of aliphatic hydroxyl groups excluding tert-OH is 1. The topological polar surface area (TPSA) is 79.8 Å². The molecule has 2 aliphatic heterocycles. The fourth-order valence-electron chi connectivity index (χ4n) is 3.50. The van der Waals surface area contributed by atoms with E-state index in [9.17, 15) is 9.90 Å². The van der Waals surface area contributed by atoms with Gasteiger partial charge in [-0.25, -0.2) is 4.79 Å². The number of carbonyl (C=O) groups is 1. The van der Waals surface area contributed by atoms with Gasteiger partial charge >= 0.3 is 6.03 Å². The Morgan fingerprint density at radius 3 is 2.76 bits per heavy atom. The van der Waals surface area contributed by atoms with Crippen LogP contribution in [0.1, 0.15) is 17.5 Å². The SMILES string of the molecule is O=C(Nc1cccc2c1CCO2)NC1(CO)CCOc2ccccc21. The maximum atomic E-state index is 12.6. The van der Waals surface area contributed by atoms with E-state index in [1.54, 1.807) is 0 Å². The average Bonchev–Trinajstić information content (AvgIpc) is 3.12. The second-order valence-electron chi connectivity index (χ2n) is 6.29. The van der Waals surface area contributed by atoms with E-state index >= 15 is 0 Å². The molecule has 0 aromatic heterocycles. The van der Waals surface area contributed by atoms with Crippen molar-refractivity contribution in [2.45, 2.75) is 18.4 Å². The van der Waals surface area contributed by atoms with Crippen molar-refractivity contribution in [2.75, 3.05) is 25.1 Å². The molecule has 0 aliphatic carbocycles. The summed E-state index contributed by atoms with van der Waals surface area (Å²) in [4.78, 5) is 12.6. The van der Waals surface area contributed by atoms with Gasteiger partial charge in [0.05, 0.1) is 25.4 Å². The third-order valence-corrected chi connectivity index (χ3v) is 4.80. The third-order valence-electron chi connectivity index (χ3n) is 4.80. The van der Waals surface area contributed by atoms with Gasteiger partial charge in [-0.05, 0) is 18.2 Å². The molecule has 2 heterocycles. The molecule has 2 amide bonds. The Morgan fingerprint density at radius 1 is 1.08 bits per heavy atom. The van der Waals surface area contributed by atoms with Crippen LogP contribution in [-0.2, 0) is 12.0 Å². The quantitative estimate of drug-likeness (QED) is 0.802. The van der Waals surface area contributed by atoms with Crippen molar-refractivity contribution in [3.8, 4) is 11.5 Å². The van der Waals surface area contributed by atoms with Crippen LogP contribution in [0.2, 0.25) is 0 Å². The summed E-state index contributed by atoms with van der Waals surface area (Å²) in [6.45, 7) is 0.865. The molecular weight excluding hydrogens is 320 g/mol. The van der Waals surface area contributed by atoms with Gasteiger partial charge in [0.15, 0.2) is 0 Å². The van der Waals surface area contributed by atoms with E-state index < -0.39 is 5.54 Å². The molecule has 2 aliphatic rings. The lowest BCUT2D eigenvalue weighted by atomic mass is 9.85. The zero-order valence-corrected chi connectivity index (χ0v) is 13.7. The Kier molecular flexibility index (Phi) is 3.97. The van der Waals surface area contributed by atoms with E-state index in [1.165, 1.54) is 0 Å². The van der Waals surface area contributed by atoms with Gasteiger partial charge in [0.1, 0.15) is 11.5 Å². The highest BCUT2D eigenvalue weighted by molar-refractivity contribution is 5.91. The second-order valence-corrected chi connectivity index (χ2v) is 6.29. The summed E-state index contributed by atoms with van der Waals surface area (Å²) in [5.41, 5.74) is 1.68. The standard InChI is InChI=1S/C19H20N2O4/c22-12-19(9-11-25-17-6-2-1-4-14(17)19)21-18(23)20-15-5-3-7-16-13(15)8-10-24-16/h1-7,22H,8-12H2,(H2,20,21,23). The number of hydrogen-bond donors (Lipinski definition) is 3. The lowest BCUT2D eigenvalue weighted by Crippen LogP contribution is -2.52. The minimum atomic E-state index is -0.854. The highest BCUT2D eigenvalue weighted by Crippen LogP contribution is 2.37. The van der Waals surface area contributed by atoms with E-state index in [0.29, 0.717) is 25.4 Å². The number of carbonyl (C=O) groups excluding carboxylic acids is 1. The largest absolute Gasteiger partial charge is 0.493 e. The molecule has 1 atom stereocenters. The fraction of sp³-hybridized carbons (Fsp3) is 0.316. The number of aliphatic hydroxyl groups is 1. The highest BCUT2D eigenvalue weighted by atomic mass is 16.5. The molecule has 25 heavy (non-hydrogen) atoms. The van der Waals surface area contributed by atoms with Crippen molar-refractivity contribution in [1.29, 1.82) is 0 Å². The number of benzene rings is 2.